The smallest absolute Gasteiger partial charge is 0.176 e. The van der Waals surface area contributed by atoms with Gasteiger partial charge >= 0.3 is 0 Å². The Hall–Kier alpha value is -1.23. The average Bonchev–Trinajstić information content (AvgIpc) is 2.70. The molecule has 4 heteroatoms. The van der Waals surface area contributed by atoms with Gasteiger partial charge in [-0.15, -0.1) is 0 Å². The summed E-state index contributed by atoms with van der Waals surface area (Å²) in [5.41, 5.74) is 6.61. The molecule has 0 radical (unpaired) electrons. The molecule has 2 rings (SSSR count). The highest BCUT2D eigenvalue weighted by Crippen LogP contribution is 2.15. The van der Waals surface area contributed by atoms with Crippen LogP contribution in [0.5, 0.6) is 0 Å². The predicted octanol–water partition coefficient (Wildman–Crippen LogP) is 0.121. The summed E-state index contributed by atoms with van der Waals surface area (Å²) in [6, 6.07) is 9.23. The molecule has 1 fully saturated rings. The van der Waals surface area contributed by atoms with E-state index in [4.69, 9.17) is 10.8 Å². The molecule has 2 atom stereocenters. The van der Waals surface area contributed by atoms with Crippen molar-refractivity contribution in [2.24, 2.45) is 11.7 Å². The summed E-state index contributed by atoms with van der Waals surface area (Å²) in [4.78, 5) is 14.0. The molecule has 1 saturated heterocycles. The van der Waals surface area contributed by atoms with Gasteiger partial charge in [0.1, 0.15) is 0 Å². The van der Waals surface area contributed by atoms with Gasteiger partial charge in [0.2, 0.25) is 0 Å². The van der Waals surface area contributed by atoms with Crippen molar-refractivity contribution in [2.45, 2.75) is 6.04 Å². The van der Waals surface area contributed by atoms with E-state index in [0.717, 1.165) is 5.56 Å². The zero-order chi connectivity index (χ0) is 12.3. The van der Waals surface area contributed by atoms with E-state index < -0.39 is 0 Å². The van der Waals surface area contributed by atoms with Crippen LogP contribution < -0.4 is 5.73 Å². The van der Waals surface area contributed by atoms with Crippen LogP contribution in [0.15, 0.2) is 30.3 Å². The minimum absolute atomic E-state index is 0.0245. The molecule has 0 bridgehead atoms. The standard InChI is InChI=1S/C13H18N2O2/c14-12-7-15(6-11(12)9-16)8-13(17)10-4-2-1-3-5-10/h1-5,11-12,16H,6-9,14H2. The zero-order valence-corrected chi connectivity index (χ0v) is 9.75. The normalized spacial score (nSPS) is 25.1. The third-order valence-corrected chi connectivity index (χ3v) is 3.26. The Labute approximate surface area is 101 Å². The van der Waals surface area contributed by atoms with Crippen LogP contribution in [0.1, 0.15) is 10.4 Å². The molecule has 3 N–H and O–H groups in total. The molecular formula is C13H18N2O2. The predicted molar refractivity (Wildman–Crippen MR) is 65.8 cm³/mol. The molecule has 2 unspecified atom stereocenters. The lowest BCUT2D eigenvalue weighted by Gasteiger charge is -2.14. The maximum atomic E-state index is 12.0. The number of aliphatic hydroxyl groups excluding tert-OH is 1. The molecule has 1 aromatic carbocycles. The maximum absolute atomic E-state index is 12.0. The Balaban J connectivity index is 1.93. The van der Waals surface area contributed by atoms with E-state index in [1.807, 2.05) is 35.2 Å². The van der Waals surface area contributed by atoms with Crippen LogP contribution in [0.4, 0.5) is 0 Å². The van der Waals surface area contributed by atoms with Crippen molar-refractivity contribution in [2.75, 3.05) is 26.2 Å². The third-order valence-electron chi connectivity index (χ3n) is 3.26. The molecule has 4 nitrogen and oxygen atoms in total. The summed E-state index contributed by atoms with van der Waals surface area (Å²) in [7, 11) is 0. The first-order chi connectivity index (χ1) is 8.20. The summed E-state index contributed by atoms with van der Waals surface area (Å²) in [6.45, 7) is 1.87. The van der Waals surface area contributed by atoms with Crippen LogP contribution in [0.25, 0.3) is 0 Å². The Kier molecular flexibility index (Phi) is 3.89. The minimum atomic E-state index is -0.0245. The highest BCUT2D eigenvalue weighted by atomic mass is 16.3. The summed E-state index contributed by atoms with van der Waals surface area (Å²) in [5, 5.41) is 9.11. The molecule has 1 aliphatic rings. The lowest BCUT2D eigenvalue weighted by Crippen LogP contribution is -2.32. The number of Topliss-reactive ketones (excluding diaryl/α,β-unsaturated/α-hetero) is 1. The second-order valence-corrected chi connectivity index (χ2v) is 4.59. The Bertz CT molecular complexity index is 380. The minimum Gasteiger partial charge on any atom is -0.396 e. The number of carbonyl (C=O) groups is 1. The topological polar surface area (TPSA) is 66.6 Å². The number of rotatable bonds is 4. The average molecular weight is 234 g/mol. The Morgan fingerprint density at radius 3 is 2.65 bits per heavy atom. The van der Waals surface area contributed by atoms with E-state index in [9.17, 15) is 4.79 Å². The van der Waals surface area contributed by atoms with Crippen molar-refractivity contribution in [3.8, 4) is 0 Å². The fraction of sp³-hybridized carbons (Fsp3) is 0.462. The molecule has 0 aliphatic carbocycles. The highest BCUT2D eigenvalue weighted by molar-refractivity contribution is 5.97. The van der Waals surface area contributed by atoms with Crippen molar-refractivity contribution in [1.82, 2.24) is 4.90 Å². The fourth-order valence-electron chi connectivity index (χ4n) is 2.23. The first kappa shape index (κ1) is 12.2. The largest absolute Gasteiger partial charge is 0.396 e. The Morgan fingerprint density at radius 2 is 2.06 bits per heavy atom. The number of carbonyl (C=O) groups excluding carboxylic acids is 1. The van der Waals surface area contributed by atoms with E-state index >= 15 is 0 Å². The monoisotopic (exact) mass is 234 g/mol. The SMILES string of the molecule is NC1CN(CC(=O)c2ccccc2)CC1CO. The lowest BCUT2D eigenvalue weighted by atomic mass is 10.1. The van der Waals surface area contributed by atoms with Gasteiger partial charge in [-0.1, -0.05) is 30.3 Å². The van der Waals surface area contributed by atoms with Crippen molar-refractivity contribution in [3.05, 3.63) is 35.9 Å². The Morgan fingerprint density at radius 1 is 1.35 bits per heavy atom. The quantitative estimate of drug-likeness (QED) is 0.726. The fourth-order valence-corrected chi connectivity index (χ4v) is 2.23. The first-order valence-electron chi connectivity index (χ1n) is 5.87. The summed E-state index contributed by atoms with van der Waals surface area (Å²) in [5.74, 6) is 0.204. The van der Waals surface area contributed by atoms with Crippen LogP contribution in [0.3, 0.4) is 0 Å². The number of benzene rings is 1. The van der Waals surface area contributed by atoms with Gasteiger partial charge < -0.3 is 10.8 Å². The number of hydrogen-bond donors (Lipinski definition) is 2. The van der Waals surface area contributed by atoms with Crippen LogP contribution in [-0.2, 0) is 0 Å². The number of hydrogen-bond acceptors (Lipinski definition) is 4. The second-order valence-electron chi connectivity index (χ2n) is 4.59. The van der Waals surface area contributed by atoms with Crippen LogP contribution in [0, 0.1) is 5.92 Å². The van der Waals surface area contributed by atoms with Gasteiger partial charge in [-0.25, -0.2) is 0 Å². The molecule has 0 aromatic heterocycles. The lowest BCUT2D eigenvalue weighted by molar-refractivity contribution is 0.0940. The van der Waals surface area contributed by atoms with E-state index in [1.165, 1.54) is 0 Å². The number of nitrogens with zero attached hydrogens (tertiary/aromatic N) is 1. The number of aliphatic hydroxyl groups is 1. The molecule has 1 heterocycles. The van der Waals surface area contributed by atoms with Gasteiger partial charge in [0.25, 0.3) is 0 Å². The molecular weight excluding hydrogens is 216 g/mol. The van der Waals surface area contributed by atoms with E-state index in [1.54, 1.807) is 0 Å². The van der Waals surface area contributed by atoms with Crippen LogP contribution in [0.2, 0.25) is 0 Å². The number of ketones is 1. The van der Waals surface area contributed by atoms with Gasteiger partial charge in [0.05, 0.1) is 6.54 Å². The molecule has 0 saturated carbocycles. The summed E-state index contributed by atoms with van der Waals surface area (Å²) < 4.78 is 0. The number of likely N-dealkylation sites (tertiary alicyclic amines) is 1. The van der Waals surface area contributed by atoms with E-state index in [-0.39, 0.29) is 24.3 Å². The molecule has 0 spiro atoms. The van der Waals surface area contributed by atoms with Crippen LogP contribution in [-0.4, -0.2) is 48.1 Å². The summed E-state index contributed by atoms with van der Waals surface area (Å²) in [6.07, 6.45) is 0. The number of nitrogens with two attached hydrogens (primary N) is 1. The van der Waals surface area contributed by atoms with Crippen molar-refractivity contribution >= 4 is 5.78 Å². The van der Waals surface area contributed by atoms with Gasteiger partial charge in [0.15, 0.2) is 5.78 Å². The van der Waals surface area contributed by atoms with E-state index in [2.05, 4.69) is 0 Å². The van der Waals surface area contributed by atoms with Gasteiger partial charge in [-0.2, -0.15) is 0 Å². The van der Waals surface area contributed by atoms with Crippen LogP contribution >= 0.6 is 0 Å². The first-order valence-corrected chi connectivity index (χ1v) is 5.87. The molecule has 92 valence electrons. The van der Waals surface area contributed by atoms with Gasteiger partial charge in [-0.3, -0.25) is 9.69 Å². The summed E-state index contributed by atoms with van der Waals surface area (Å²) >= 11 is 0. The van der Waals surface area contributed by atoms with Crippen molar-refractivity contribution in [1.29, 1.82) is 0 Å². The third kappa shape index (κ3) is 2.91. The molecule has 17 heavy (non-hydrogen) atoms. The molecule has 1 aromatic rings. The van der Waals surface area contributed by atoms with Gasteiger partial charge in [0, 0.05) is 37.2 Å². The zero-order valence-electron chi connectivity index (χ0n) is 9.75. The van der Waals surface area contributed by atoms with Crippen molar-refractivity contribution in [3.63, 3.8) is 0 Å². The molecule has 0 amide bonds. The van der Waals surface area contributed by atoms with Crippen molar-refractivity contribution < 1.29 is 9.90 Å². The second kappa shape index (κ2) is 5.40. The molecule has 1 aliphatic heterocycles. The van der Waals surface area contributed by atoms with Gasteiger partial charge in [-0.05, 0) is 0 Å². The van der Waals surface area contributed by atoms with E-state index in [0.29, 0.717) is 19.6 Å². The highest BCUT2D eigenvalue weighted by Gasteiger charge is 2.30. The maximum Gasteiger partial charge on any atom is 0.176 e.